The fraction of sp³-hybridized carbons (Fsp3) is 0.240. The van der Waals surface area contributed by atoms with Crippen LogP contribution in [0, 0.1) is 6.92 Å². The molecule has 2 heterocycles. The number of likely N-dealkylation sites (N-methyl/N-ethyl adjacent to an activating group) is 1. The minimum Gasteiger partial charge on any atom is -0.383 e. The molecule has 0 radical (unpaired) electrons. The largest absolute Gasteiger partial charge is 0.417 e. The molecule has 0 fully saturated rings. The van der Waals surface area contributed by atoms with Crippen LogP contribution >= 0.6 is 11.6 Å². The average Bonchev–Trinajstić information content (AvgIpc) is 3.36. The van der Waals surface area contributed by atoms with Gasteiger partial charge in [-0.05, 0) is 50.8 Å². The van der Waals surface area contributed by atoms with Gasteiger partial charge in [-0.25, -0.2) is 14.6 Å². The highest BCUT2D eigenvalue weighted by molar-refractivity contribution is 6.34. The number of benzene rings is 2. The molecule has 4 rings (SSSR count). The van der Waals surface area contributed by atoms with Gasteiger partial charge in [0.15, 0.2) is 0 Å². The minimum atomic E-state index is -4.74. The summed E-state index contributed by atoms with van der Waals surface area (Å²) in [6, 6.07) is 7.12. The van der Waals surface area contributed by atoms with Gasteiger partial charge in [0.25, 0.3) is 5.91 Å². The van der Waals surface area contributed by atoms with E-state index in [1.807, 2.05) is 25.9 Å². The molecule has 0 aliphatic carbocycles. The smallest absolute Gasteiger partial charge is 0.383 e. The zero-order chi connectivity index (χ0) is 27.4. The number of anilines is 2. The van der Waals surface area contributed by atoms with Crippen LogP contribution < -0.4 is 10.6 Å². The zero-order valence-electron chi connectivity index (χ0n) is 20.7. The van der Waals surface area contributed by atoms with Crippen LogP contribution in [0.5, 0.6) is 0 Å². The van der Waals surface area contributed by atoms with Crippen molar-refractivity contribution < 1.29 is 18.0 Å². The van der Waals surface area contributed by atoms with Gasteiger partial charge < -0.3 is 15.5 Å². The fourth-order valence-electron chi connectivity index (χ4n) is 3.59. The number of nitrogens with one attached hydrogen (secondary N) is 2. The lowest BCUT2D eigenvalue weighted by atomic mass is 10.1. The third kappa shape index (κ3) is 6.26. The summed E-state index contributed by atoms with van der Waals surface area (Å²) in [5.41, 5.74) is 1.79. The van der Waals surface area contributed by atoms with Crippen LogP contribution in [0.2, 0.25) is 5.02 Å². The number of alkyl halides is 3. The van der Waals surface area contributed by atoms with Crippen molar-refractivity contribution in [2.45, 2.75) is 13.1 Å². The normalized spacial score (nSPS) is 11.6. The Kier molecular flexibility index (Phi) is 7.93. The number of aromatic nitrogens is 5. The standard InChI is InChI=1S/C25H24ClF3N8O/c1-15-4-5-18(10-22(15)37-13-21(34-35-37)17-11-30-14-31-12-17)33-24(38)16-8-19(25(27,28)29)23(26)20(9-16)32-6-7-36(2)3/h4-5,8-14,32H,6-7H2,1-3H3,(H,33,38). The molecule has 0 saturated carbocycles. The molecule has 2 aromatic heterocycles. The monoisotopic (exact) mass is 544 g/mol. The maximum atomic E-state index is 13.7. The second-order valence-electron chi connectivity index (χ2n) is 8.74. The van der Waals surface area contributed by atoms with Gasteiger partial charge >= 0.3 is 6.18 Å². The van der Waals surface area contributed by atoms with Crippen molar-refractivity contribution >= 4 is 28.9 Å². The first kappa shape index (κ1) is 27.0. The van der Waals surface area contributed by atoms with Crippen LogP contribution in [0.15, 0.2) is 55.2 Å². The van der Waals surface area contributed by atoms with E-state index in [-0.39, 0.29) is 11.3 Å². The van der Waals surface area contributed by atoms with Gasteiger partial charge in [0, 0.05) is 42.3 Å². The van der Waals surface area contributed by atoms with Crippen LogP contribution in [-0.2, 0) is 6.18 Å². The van der Waals surface area contributed by atoms with Crippen molar-refractivity contribution in [3.05, 3.63) is 77.0 Å². The van der Waals surface area contributed by atoms with Crippen LogP contribution in [0.4, 0.5) is 24.5 Å². The number of nitrogens with zero attached hydrogens (tertiary/aromatic N) is 6. The second-order valence-corrected chi connectivity index (χ2v) is 9.12. The van der Waals surface area contributed by atoms with Crippen molar-refractivity contribution in [2.24, 2.45) is 0 Å². The molecule has 0 unspecified atom stereocenters. The molecule has 0 atom stereocenters. The van der Waals surface area contributed by atoms with E-state index < -0.39 is 22.7 Å². The van der Waals surface area contributed by atoms with Gasteiger partial charge in [0.1, 0.15) is 12.0 Å². The molecule has 13 heteroatoms. The number of aryl methyl sites for hydroxylation is 1. The molecule has 4 aromatic rings. The average molecular weight is 545 g/mol. The lowest BCUT2D eigenvalue weighted by Crippen LogP contribution is -2.22. The summed E-state index contributed by atoms with van der Waals surface area (Å²) in [5.74, 6) is -0.724. The third-order valence-corrected chi connectivity index (χ3v) is 5.99. The summed E-state index contributed by atoms with van der Waals surface area (Å²) in [6.45, 7) is 2.75. The molecular formula is C25H24ClF3N8O. The molecule has 2 aromatic carbocycles. The highest BCUT2D eigenvalue weighted by Gasteiger charge is 2.35. The number of halogens is 4. The molecule has 0 bridgehead atoms. The molecule has 0 aliphatic rings. The minimum absolute atomic E-state index is 0.0260. The third-order valence-electron chi connectivity index (χ3n) is 5.58. The predicted molar refractivity (Wildman–Crippen MR) is 139 cm³/mol. The van der Waals surface area contributed by atoms with Gasteiger partial charge in [-0.15, -0.1) is 5.10 Å². The first-order valence-corrected chi connectivity index (χ1v) is 11.8. The van der Waals surface area contributed by atoms with Gasteiger partial charge in [-0.2, -0.15) is 13.2 Å². The van der Waals surface area contributed by atoms with Crippen molar-refractivity contribution in [1.82, 2.24) is 29.9 Å². The zero-order valence-corrected chi connectivity index (χ0v) is 21.5. The molecule has 9 nitrogen and oxygen atoms in total. The Hall–Kier alpha value is -4.03. The Labute approximate surface area is 221 Å². The van der Waals surface area contributed by atoms with Gasteiger partial charge in [0.05, 0.1) is 28.2 Å². The molecule has 0 saturated heterocycles. The van der Waals surface area contributed by atoms with E-state index in [0.717, 1.165) is 11.6 Å². The maximum absolute atomic E-state index is 13.7. The molecule has 2 N–H and O–H groups in total. The number of carbonyl (C=O) groups is 1. The number of hydrogen-bond acceptors (Lipinski definition) is 7. The Morgan fingerprint density at radius 1 is 1.13 bits per heavy atom. The van der Waals surface area contributed by atoms with Crippen LogP contribution in [0.25, 0.3) is 16.9 Å². The molecule has 1 amide bonds. The predicted octanol–water partition coefficient (Wildman–Crippen LogP) is 4.93. The summed E-state index contributed by atoms with van der Waals surface area (Å²) in [7, 11) is 3.67. The first-order chi connectivity index (χ1) is 18.0. The highest BCUT2D eigenvalue weighted by atomic mass is 35.5. The van der Waals surface area contributed by atoms with E-state index in [2.05, 4.69) is 30.9 Å². The molecule has 38 heavy (non-hydrogen) atoms. The number of amides is 1. The number of rotatable bonds is 8. The van der Waals surface area contributed by atoms with E-state index in [4.69, 9.17) is 11.6 Å². The lowest BCUT2D eigenvalue weighted by Gasteiger charge is -2.18. The van der Waals surface area contributed by atoms with E-state index in [0.29, 0.717) is 35.7 Å². The van der Waals surface area contributed by atoms with E-state index in [9.17, 15) is 18.0 Å². The quantitative estimate of drug-likeness (QED) is 0.324. The number of carbonyl (C=O) groups excluding carboxylic acids is 1. The van der Waals surface area contributed by atoms with E-state index in [1.165, 1.54) is 17.1 Å². The highest BCUT2D eigenvalue weighted by Crippen LogP contribution is 2.39. The van der Waals surface area contributed by atoms with Crippen LogP contribution in [-0.4, -0.2) is 63.0 Å². The van der Waals surface area contributed by atoms with E-state index >= 15 is 0 Å². The summed E-state index contributed by atoms with van der Waals surface area (Å²) >= 11 is 6.05. The number of hydrogen-bond donors (Lipinski definition) is 2. The Balaban J connectivity index is 1.61. The van der Waals surface area contributed by atoms with Crippen molar-refractivity contribution in [2.75, 3.05) is 37.8 Å². The molecular weight excluding hydrogens is 521 g/mol. The summed E-state index contributed by atoms with van der Waals surface area (Å²) in [4.78, 5) is 22.9. The Bertz CT molecular complexity index is 1440. The van der Waals surface area contributed by atoms with Crippen LogP contribution in [0.1, 0.15) is 21.5 Å². The maximum Gasteiger partial charge on any atom is 0.417 e. The molecule has 0 aliphatic heterocycles. The second kappa shape index (κ2) is 11.2. The van der Waals surface area contributed by atoms with Crippen molar-refractivity contribution in [3.63, 3.8) is 0 Å². The summed E-state index contributed by atoms with van der Waals surface area (Å²) in [5, 5.41) is 13.4. The molecule has 198 valence electrons. The van der Waals surface area contributed by atoms with Gasteiger partial charge in [0.2, 0.25) is 0 Å². The SMILES string of the molecule is Cc1ccc(NC(=O)c2cc(NCCN(C)C)c(Cl)c(C(F)(F)F)c2)cc1-n1cc(-c2cncnc2)nn1. The molecule has 0 spiro atoms. The van der Waals surface area contributed by atoms with E-state index in [1.54, 1.807) is 36.8 Å². The Morgan fingerprint density at radius 2 is 1.87 bits per heavy atom. The van der Waals surface area contributed by atoms with Gasteiger partial charge in [-0.1, -0.05) is 22.9 Å². The van der Waals surface area contributed by atoms with Crippen molar-refractivity contribution in [1.29, 1.82) is 0 Å². The fourth-order valence-corrected chi connectivity index (χ4v) is 3.87. The summed E-state index contributed by atoms with van der Waals surface area (Å²) in [6.07, 6.45) is 1.57. The first-order valence-electron chi connectivity index (χ1n) is 11.4. The Morgan fingerprint density at radius 3 is 2.55 bits per heavy atom. The van der Waals surface area contributed by atoms with Crippen LogP contribution in [0.3, 0.4) is 0 Å². The summed E-state index contributed by atoms with van der Waals surface area (Å²) < 4.78 is 42.6. The lowest BCUT2D eigenvalue weighted by molar-refractivity contribution is -0.137. The topological polar surface area (TPSA) is 101 Å². The van der Waals surface area contributed by atoms with Gasteiger partial charge in [-0.3, -0.25) is 4.79 Å². The van der Waals surface area contributed by atoms with Crippen molar-refractivity contribution in [3.8, 4) is 16.9 Å².